The molecule has 126 valence electrons. The molecule has 0 radical (unpaired) electrons. The number of hydrogen-bond acceptors (Lipinski definition) is 5. The van der Waals surface area contributed by atoms with Crippen molar-refractivity contribution in [2.45, 2.75) is 26.4 Å². The van der Waals surface area contributed by atoms with Crippen LogP contribution >= 0.6 is 0 Å². The Morgan fingerprint density at radius 3 is 2.50 bits per heavy atom. The Balaban J connectivity index is 1.40. The minimum absolute atomic E-state index is 0.414. The number of hydrogen-bond donors (Lipinski definition) is 0. The molecule has 4 heterocycles. The smallest absolute Gasteiger partial charge is 0.180 e. The molecule has 0 aliphatic carbocycles. The Hall–Kier alpha value is -2.41. The Labute approximate surface area is 141 Å². The summed E-state index contributed by atoms with van der Waals surface area (Å²) in [5.74, 6) is 0.981. The topological polar surface area (TPSA) is 54.5 Å². The number of fused-ring (bicyclic) bond motifs is 1. The second-order valence-corrected chi connectivity index (χ2v) is 6.59. The quantitative estimate of drug-likeness (QED) is 0.732. The van der Waals surface area contributed by atoms with Gasteiger partial charge >= 0.3 is 0 Å². The third kappa shape index (κ3) is 2.87. The second kappa shape index (κ2) is 6.24. The SMILES string of the molecule is CC(C)n1cc(CN2CCN(c3nccn4ccnc34)CC2)cn1. The number of aromatic nitrogens is 5. The standard InChI is InChI=1S/C17H23N7/c1-14(2)24-13-15(11-20-24)12-21-7-9-23(10-8-21)17-16-18-3-5-22(16)6-4-19-17/h3-6,11,13-14H,7-10,12H2,1-2H3. The molecule has 4 rings (SSSR count). The van der Waals surface area contributed by atoms with Crippen molar-refractivity contribution in [1.29, 1.82) is 0 Å². The molecule has 1 fully saturated rings. The highest BCUT2D eigenvalue weighted by Crippen LogP contribution is 2.19. The second-order valence-electron chi connectivity index (χ2n) is 6.59. The van der Waals surface area contributed by atoms with E-state index in [1.54, 1.807) is 0 Å². The fraction of sp³-hybridized carbons (Fsp3) is 0.471. The first kappa shape index (κ1) is 15.1. The molecule has 0 unspecified atom stereocenters. The molecular formula is C17H23N7. The van der Waals surface area contributed by atoms with Crippen LogP contribution in [0.1, 0.15) is 25.5 Å². The Bertz CT molecular complexity index is 811. The Kier molecular flexibility index (Phi) is 3.93. The summed E-state index contributed by atoms with van der Waals surface area (Å²) in [6.45, 7) is 9.25. The predicted molar refractivity (Wildman–Crippen MR) is 93.1 cm³/mol. The van der Waals surface area contributed by atoms with Crippen LogP contribution in [-0.4, -0.2) is 55.2 Å². The van der Waals surface area contributed by atoms with Crippen LogP contribution in [0.25, 0.3) is 5.65 Å². The molecule has 24 heavy (non-hydrogen) atoms. The first-order valence-electron chi connectivity index (χ1n) is 8.49. The number of rotatable bonds is 4. The molecule has 0 bridgehead atoms. The van der Waals surface area contributed by atoms with E-state index in [9.17, 15) is 0 Å². The van der Waals surface area contributed by atoms with Crippen LogP contribution < -0.4 is 4.90 Å². The lowest BCUT2D eigenvalue weighted by Crippen LogP contribution is -2.46. The molecule has 3 aromatic rings. The van der Waals surface area contributed by atoms with Gasteiger partial charge in [-0.1, -0.05) is 0 Å². The van der Waals surface area contributed by atoms with E-state index in [4.69, 9.17) is 0 Å². The highest BCUT2D eigenvalue weighted by Gasteiger charge is 2.20. The normalized spacial score (nSPS) is 16.4. The molecule has 0 spiro atoms. The fourth-order valence-electron chi connectivity index (χ4n) is 3.18. The van der Waals surface area contributed by atoms with Crippen LogP contribution in [0.15, 0.2) is 37.2 Å². The molecule has 0 N–H and O–H groups in total. The van der Waals surface area contributed by atoms with Crippen molar-refractivity contribution >= 4 is 11.5 Å². The maximum atomic E-state index is 4.55. The summed E-state index contributed by atoms with van der Waals surface area (Å²) < 4.78 is 4.05. The van der Waals surface area contributed by atoms with Crippen molar-refractivity contribution in [2.75, 3.05) is 31.1 Å². The van der Waals surface area contributed by atoms with Gasteiger partial charge in [-0.05, 0) is 13.8 Å². The van der Waals surface area contributed by atoms with E-state index in [2.05, 4.69) is 44.9 Å². The summed E-state index contributed by atoms with van der Waals surface area (Å²) >= 11 is 0. The van der Waals surface area contributed by atoms with Crippen LogP contribution in [0.2, 0.25) is 0 Å². The zero-order valence-corrected chi connectivity index (χ0v) is 14.2. The van der Waals surface area contributed by atoms with E-state index >= 15 is 0 Å². The lowest BCUT2D eigenvalue weighted by Gasteiger charge is -2.35. The molecule has 3 aromatic heterocycles. The summed E-state index contributed by atoms with van der Waals surface area (Å²) in [5.41, 5.74) is 2.22. The van der Waals surface area contributed by atoms with Gasteiger partial charge in [0, 0.05) is 75.3 Å². The average Bonchev–Trinajstić information content (AvgIpc) is 3.24. The van der Waals surface area contributed by atoms with Gasteiger partial charge < -0.3 is 9.30 Å². The van der Waals surface area contributed by atoms with E-state index in [-0.39, 0.29) is 0 Å². The van der Waals surface area contributed by atoms with Crippen molar-refractivity contribution < 1.29 is 0 Å². The molecule has 0 amide bonds. The predicted octanol–water partition coefficient (Wildman–Crippen LogP) is 1.83. The van der Waals surface area contributed by atoms with E-state index < -0.39 is 0 Å². The summed E-state index contributed by atoms with van der Waals surface area (Å²) in [6.07, 6.45) is 11.7. The van der Waals surface area contributed by atoms with Crippen LogP contribution in [0.3, 0.4) is 0 Å². The van der Waals surface area contributed by atoms with Crippen molar-refractivity contribution in [2.24, 2.45) is 0 Å². The molecular weight excluding hydrogens is 302 g/mol. The van der Waals surface area contributed by atoms with Gasteiger partial charge in [-0.2, -0.15) is 5.10 Å². The molecule has 0 atom stereocenters. The lowest BCUT2D eigenvalue weighted by atomic mass is 10.2. The van der Waals surface area contributed by atoms with Gasteiger partial charge in [-0.3, -0.25) is 9.58 Å². The number of anilines is 1. The van der Waals surface area contributed by atoms with Crippen molar-refractivity contribution in [1.82, 2.24) is 29.0 Å². The first-order chi connectivity index (χ1) is 11.7. The largest absolute Gasteiger partial charge is 0.351 e. The maximum Gasteiger partial charge on any atom is 0.180 e. The minimum Gasteiger partial charge on any atom is -0.351 e. The minimum atomic E-state index is 0.414. The monoisotopic (exact) mass is 325 g/mol. The molecule has 1 saturated heterocycles. The molecule has 1 aliphatic rings. The zero-order valence-electron chi connectivity index (χ0n) is 14.2. The maximum absolute atomic E-state index is 4.55. The number of imidazole rings is 1. The molecule has 0 saturated carbocycles. The highest BCUT2D eigenvalue weighted by molar-refractivity contribution is 5.64. The van der Waals surface area contributed by atoms with Gasteiger partial charge in [0.2, 0.25) is 0 Å². The first-order valence-corrected chi connectivity index (χ1v) is 8.49. The molecule has 7 heteroatoms. The van der Waals surface area contributed by atoms with Crippen LogP contribution in [-0.2, 0) is 6.54 Å². The molecule has 0 aromatic carbocycles. The Morgan fingerprint density at radius 1 is 1.04 bits per heavy atom. The van der Waals surface area contributed by atoms with Gasteiger partial charge in [0.25, 0.3) is 0 Å². The van der Waals surface area contributed by atoms with Crippen molar-refractivity contribution in [3.05, 3.63) is 42.7 Å². The van der Waals surface area contributed by atoms with E-state index in [0.29, 0.717) is 6.04 Å². The third-order valence-corrected chi connectivity index (χ3v) is 4.55. The number of nitrogens with zero attached hydrogens (tertiary/aromatic N) is 7. The van der Waals surface area contributed by atoms with E-state index in [1.165, 1.54) is 5.56 Å². The van der Waals surface area contributed by atoms with Crippen LogP contribution in [0, 0.1) is 0 Å². The van der Waals surface area contributed by atoms with Gasteiger partial charge in [0.15, 0.2) is 11.5 Å². The van der Waals surface area contributed by atoms with Gasteiger partial charge in [0.05, 0.1) is 6.20 Å². The highest BCUT2D eigenvalue weighted by atomic mass is 15.3. The lowest BCUT2D eigenvalue weighted by molar-refractivity contribution is 0.249. The van der Waals surface area contributed by atoms with E-state index in [1.807, 2.05) is 40.1 Å². The van der Waals surface area contributed by atoms with Gasteiger partial charge in [-0.15, -0.1) is 0 Å². The molecule has 7 nitrogen and oxygen atoms in total. The fourth-order valence-corrected chi connectivity index (χ4v) is 3.18. The summed E-state index contributed by atoms with van der Waals surface area (Å²) in [6, 6.07) is 0.414. The van der Waals surface area contributed by atoms with Crippen LogP contribution in [0.5, 0.6) is 0 Å². The zero-order chi connectivity index (χ0) is 16.5. The van der Waals surface area contributed by atoms with Crippen LogP contribution in [0.4, 0.5) is 5.82 Å². The average molecular weight is 325 g/mol. The summed E-state index contributed by atoms with van der Waals surface area (Å²) in [7, 11) is 0. The summed E-state index contributed by atoms with van der Waals surface area (Å²) in [4.78, 5) is 13.8. The Morgan fingerprint density at radius 2 is 1.79 bits per heavy atom. The molecule has 1 aliphatic heterocycles. The third-order valence-electron chi connectivity index (χ3n) is 4.55. The van der Waals surface area contributed by atoms with Crippen molar-refractivity contribution in [3.8, 4) is 0 Å². The van der Waals surface area contributed by atoms with Gasteiger partial charge in [-0.25, -0.2) is 9.97 Å². The van der Waals surface area contributed by atoms with Crippen molar-refractivity contribution in [3.63, 3.8) is 0 Å². The van der Waals surface area contributed by atoms with Gasteiger partial charge in [0.1, 0.15) is 0 Å². The number of piperazine rings is 1. The summed E-state index contributed by atoms with van der Waals surface area (Å²) in [5, 5.41) is 4.43. The van der Waals surface area contributed by atoms with E-state index in [0.717, 1.165) is 44.2 Å².